The summed E-state index contributed by atoms with van der Waals surface area (Å²) in [5.41, 5.74) is 9.10. The monoisotopic (exact) mass is 472 g/mol. The third-order valence-corrected chi connectivity index (χ3v) is 7.20. The lowest BCUT2D eigenvalue weighted by atomic mass is 9.73. The van der Waals surface area contributed by atoms with Crippen molar-refractivity contribution in [2.24, 2.45) is 11.1 Å². The Bertz CT molecular complexity index is 919. The van der Waals surface area contributed by atoms with Crippen LogP contribution in [-0.2, 0) is 11.3 Å². The van der Waals surface area contributed by atoms with Gasteiger partial charge in [-0.1, -0.05) is 35.3 Å². The summed E-state index contributed by atoms with van der Waals surface area (Å²) in [7, 11) is 0. The highest BCUT2D eigenvalue weighted by Crippen LogP contribution is 2.42. The zero-order valence-electron chi connectivity index (χ0n) is 17.1. The molecule has 3 heterocycles. The minimum Gasteiger partial charge on any atom is -0.390 e. The number of hydrogen-bond donors (Lipinski definition) is 2. The number of anilines is 1. The molecule has 164 valence electrons. The molecular formula is C21H27Cl3N4O2. The summed E-state index contributed by atoms with van der Waals surface area (Å²) >= 11 is 12.5. The molecule has 3 N–H and O–H groups in total. The Labute approximate surface area is 193 Å². The minimum atomic E-state index is -0.199. The molecule has 2 fully saturated rings. The maximum absolute atomic E-state index is 9.99. The molecule has 0 amide bonds. The zero-order valence-corrected chi connectivity index (χ0v) is 19.4. The lowest BCUT2D eigenvalue weighted by molar-refractivity contribution is 0.0973. The Hall–Kier alpha value is -1.15. The Morgan fingerprint density at radius 2 is 1.97 bits per heavy atom. The molecule has 2 aromatic rings. The van der Waals surface area contributed by atoms with Gasteiger partial charge in [0, 0.05) is 30.1 Å². The lowest BCUT2D eigenvalue weighted by Gasteiger charge is -2.42. The number of hydrogen-bond acceptors (Lipinski definition) is 6. The van der Waals surface area contributed by atoms with E-state index >= 15 is 0 Å². The standard InChI is InChI=1S/C21H26Cl2N4O2.ClH/c1-12-18(14-4-3-5-15(22)17(14)23)26-16(10-28)20(25-12)27-8-6-21(7-9-27)11-29-13(2)19(21)24;/h3-5,13,19,28H,6-11,24H2,1-2H3;1H/t13-,19+;/m0./s1. The van der Waals surface area contributed by atoms with Crippen LogP contribution in [-0.4, -0.2) is 46.9 Å². The molecule has 0 bridgehead atoms. The first-order chi connectivity index (χ1) is 13.9. The van der Waals surface area contributed by atoms with Gasteiger partial charge in [0.05, 0.1) is 40.8 Å². The van der Waals surface area contributed by atoms with E-state index in [0.717, 1.165) is 37.4 Å². The van der Waals surface area contributed by atoms with Crippen molar-refractivity contribution in [2.75, 3.05) is 24.6 Å². The number of aliphatic hydroxyl groups excluding tert-OH is 1. The highest BCUT2D eigenvalue weighted by molar-refractivity contribution is 6.43. The van der Waals surface area contributed by atoms with Gasteiger partial charge in [0.25, 0.3) is 0 Å². The van der Waals surface area contributed by atoms with Crippen molar-refractivity contribution in [3.05, 3.63) is 39.6 Å². The summed E-state index contributed by atoms with van der Waals surface area (Å²) in [5.74, 6) is 0.724. The summed E-state index contributed by atoms with van der Waals surface area (Å²) in [6.45, 7) is 6.08. The number of halogens is 3. The highest BCUT2D eigenvalue weighted by Gasteiger charge is 2.47. The van der Waals surface area contributed by atoms with Crippen molar-refractivity contribution in [1.29, 1.82) is 0 Å². The Kier molecular flexibility index (Phi) is 7.17. The second-order valence-corrected chi connectivity index (χ2v) is 8.86. The molecule has 0 radical (unpaired) electrons. The third-order valence-electron chi connectivity index (χ3n) is 6.38. The molecule has 6 nitrogen and oxygen atoms in total. The number of aliphatic hydroxyl groups is 1. The van der Waals surface area contributed by atoms with Gasteiger partial charge in [0.1, 0.15) is 5.69 Å². The summed E-state index contributed by atoms with van der Waals surface area (Å²) in [4.78, 5) is 11.7. The number of aromatic nitrogens is 2. The molecule has 4 rings (SSSR count). The highest BCUT2D eigenvalue weighted by atomic mass is 35.5. The van der Waals surface area contributed by atoms with Crippen LogP contribution in [0.3, 0.4) is 0 Å². The van der Waals surface area contributed by atoms with Gasteiger partial charge in [-0.15, -0.1) is 12.4 Å². The number of benzene rings is 1. The van der Waals surface area contributed by atoms with Gasteiger partial charge in [-0.25, -0.2) is 9.97 Å². The van der Waals surface area contributed by atoms with Crippen LogP contribution in [0.15, 0.2) is 18.2 Å². The van der Waals surface area contributed by atoms with Crippen molar-refractivity contribution < 1.29 is 9.84 Å². The molecule has 2 aliphatic rings. The summed E-state index contributed by atoms with van der Waals surface area (Å²) in [6.07, 6.45) is 1.97. The molecule has 30 heavy (non-hydrogen) atoms. The predicted octanol–water partition coefficient (Wildman–Crippen LogP) is 4.01. The van der Waals surface area contributed by atoms with Crippen LogP contribution >= 0.6 is 35.6 Å². The second kappa shape index (κ2) is 9.15. The van der Waals surface area contributed by atoms with E-state index in [9.17, 15) is 5.11 Å². The normalized spacial score (nSPS) is 22.9. The Morgan fingerprint density at radius 3 is 2.57 bits per heavy atom. The molecule has 0 unspecified atom stereocenters. The zero-order chi connectivity index (χ0) is 20.8. The van der Waals surface area contributed by atoms with E-state index in [1.54, 1.807) is 6.07 Å². The van der Waals surface area contributed by atoms with E-state index in [2.05, 4.69) is 4.90 Å². The molecule has 0 aliphatic carbocycles. The fourth-order valence-corrected chi connectivity index (χ4v) is 4.87. The molecule has 0 saturated carbocycles. The van der Waals surface area contributed by atoms with Crippen LogP contribution in [0.2, 0.25) is 10.0 Å². The fraction of sp³-hybridized carbons (Fsp3) is 0.524. The molecule has 1 spiro atoms. The van der Waals surface area contributed by atoms with Gasteiger partial charge in [0.2, 0.25) is 0 Å². The van der Waals surface area contributed by atoms with Crippen LogP contribution in [0, 0.1) is 12.3 Å². The first kappa shape index (κ1) is 23.5. The number of aryl methyl sites for hydroxylation is 1. The molecule has 2 aliphatic heterocycles. The maximum Gasteiger partial charge on any atom is 0.153 e. The third kappa shape index (κ3) is 4.01. The maximum atomic E-state index is 9.99. The van der Waals surface area contributed by atoms with E-state index < -0.39 is 0 Å². The Morgan fingerprint density at radius 1 is 1.27 bits per heavy atom. The molecule has 2 saturated heterocycles. The molecule has 2 atom stereocenters. The molecule has 1 aromatic carbocycles. The van der Waals surface area contributed by atoms with Gasteiger partial charge in [0.15, 0.2) is 5.82 Å². The van der Waals surface area contributed by atoms with Crippen LogP contribution < -0.4 is 10.6 Å². The first-order valence-corrected chi connectivity index (χ1v) is 10.7. The topological polar surface area (TPSA) is 84.5 Å². The number of rotatable bonds is 3. The SMILES string of the molecule is Cc1nc(N2CCC3(CC2)CO[C@@H](C)[C@H]3N)c(CO)nc1-c1cccc(Cl)c1Cl.Cl. The average molecular weight is 474 g/mol. The van der Waals surface area contributed by atoms with Gasteiger partial charge in [-0.3, -0.25) is 0 Å². The van der Waals surface area contributed by atoms with Crippen molar-refractivity contribution in [3.8, 4) is 11.3 Å². The van der Waals surface area contributed by atoms with Gasteiger partial charge in [-0.05, 0) is 32.8 Å². The first-order valence-electron chi connectivity index (χ1n) is 9.91. The molecular weight excluding hydrogens is 447 g/mol. The van der Waals surface area contributed by atoms with Gasteiger partial charge >= 0.3 is 0 Å². The van der Waals surface area contributed by atoms with E-state index in [4.69, 9.17) is 43.6 Å². The number of piperidine rings is 1. The predicted molar refractivity (Wildman–Crippen MR) is 123 cm³/mol. The second-order valence-electron chi connectivity index (χ2n) is 8.08. The summed E-state index contributed by atoms with van der Waals surface area (Å²) in [6, 6.07) is 5.48. The van der Waals surface area contributed by atoms with Crippen LogP contribution in [0.1, 0.15) is 31.2 Å². The quantitative estimate of drug-likeness (QED) is 0.701. The fourth-order valence-electron chi connectivity index (χ4n) is 4.48. The van der Waals surface area contributed by atoms with E-state index in [0.29, 0.717) is 33.6 Å². The average Bonchev–Trinajstić information content (AvgIpc) is 2.99. The number of ether oxygens (including phenoxy) is 1. The molecule has 9 heteroatoms. The van der Waals surface area contributed by atoms with E-state index in [1.165, 1.54) is 0 Å². The van der Waals surface area contributed by atoms with E-state index in [-0.39, 0.29) is 36.6 Å². The lowest BCUT2D eigenvalue weighted by Crippen LogP contribution is -2.51. The van der Waals surface area contributed by atoms with Crippen molar-refractivity contribution in [3.63, 3.8) is 0 Å². The van der Waals surface area contributed by atoms with Crippen molar-refractivity contribution in [2.45, 2.75) is 45.4 Å². The smallest absolute Gasteiger partial charge is 0.153 e. The summed E-state index contributed by atoms with van der Waals surface area (Å²) in [5, 5.41) is 10.9. The minimum absolute atomic E-state index is 0. The number of nitrogens with two attached hydrogens (primary N) is 1. The van der Waals surface area contributed by atoms with Crippen molar-refractivity contribution >= 4 is 41.4 Å². The van der Waals surface area contributed by atoms with E-state index in [1.807, 2.05) is 26.0 Å². The van der Waals surface area contributed by atoms with Crippen LogP contribution in [0.4, 0.5) is 5.82 Å². The molecule has 1 aromatic heterocycles. The van der Waals surface area contributed by atoms with Crippen molar-refractivity contribution in [1.82, 2.24) is 9.97 Å². The van der Waals surface area contributed by atoms with Gasteiger partial charge < -0.3 is 20.5 Å². The number of nitrogens with zero attached hydrogens (tertiary/aromatic N) is 3. The van der Waals surface area contributed by atoms with Crippen LogP contribution in [0.5, 0.6) is 0 Å². The van der Waals surface area contributed by atoms with Crippen LogP contribution in [0.25, 0.3) is 11.3 Å². The Balaban J connectivity index is 0.00000256. The summed E-state index contributed by atoms with van der Waals surface area (Å²) < 4.78 is 5.81. The largest absolute Gasteiger partial charge is 0.390 e. The van der Waals surface area contributed by atoms with Gasteiger partial charge in [-0.2, -0.15) is 0 Å².